The van der Waals surface area contributed by atoms with Gasteiger partial charge in [0.25, 0.3) is 5.69 Å². The number of hydrogen-bond donors (Lipinski definition) is 0. The molecule has 0 aliphatic carbocycles. The van der Waals surface area contributed by atoms with Crippen molar-refractivity contribution in [1.29, 1.82) is 0 Å². The maximum atomic E-state index is 12.1. The molecule has 0 saturated carbocycles. The molecule has 0 N–H and O–H groups in total. The molecular formula is C12H8ClNO5S. The Morgan fingerprint density at radius 2 is 1.75 bits per heavy atom. The number of nitrogens with zero attached hydrogens (tertiary/aromatic N) is 1. The van der Waals surface area contributed by atoms with Gasteiger partial charge in [-0.05, 0) is 18.2 Å². The molecule has 8 heteroatoms. The molecule has 0 heterocycles. The lowest BCUT2D eigenvalue weighted by molar-refractivity contribution is -0.385. The molecule has 2 aromatic carbocycles. The average molecular weight is 314 g/mol. The van der Waals surface area contributed by atoms with Gasteiger partial charge in [0.15, 0.2) is 0 Å². The van der Waals surface area contributed by atoms with Crippen LogP contribution in [0.15, 0.2) is 53.4 Å². The maximum absolute atomic E-state index is 12.1. The van der Waals surface area contributed by atoms with E-state index in [0.29, 0.717) is 0 Å². The third-order valence-corrected chi connectivity index (χ3v) is 4.07. The van der Waals surface area contributed by atoms with Gasteiger partial charge < -0.3 is 4.18 Å². The van der Waals surface area contributed by atoms with E-state index in [1.54, 1.807) is 18.2 Å². The molecule has 0 bridgehead atoms. The summed E-state index contributed by atoms with van der Waals surface area (Å²) in [6, 6.07) is 10.9. The number of hydrogen-bond acceptors (Lipinski definition) is 5. The van der Waals surface area contributed by atoms with E-state index >= 15 is 0 Å². The van der Waals surface area contributed by atoms with Crippen LogP contribution in [0.4, 0.5) is 5.69 Å². The third-order valence-electron chi connectivity index (χ3n) is 2.34. The van der Waals surface area contributed by atoms with Crippen molar-refractivity contribution in [3.8, 4) is 5.75 Å². The minimum absolute atomic E-state index is 0.0927. The number of halogens is 1. The molecule has 0 fully saturated rings. The molecule has 0 aliphatic heterocycles. The van der Waals surface area contributed by atoms with Gasteiger partial charge in [0.2, 0.25) is 0 Å². The van der Waals surface area contributed by atoms with Crippen LogP contribution in [0.25, 0.3) is 0 Å². The van der Waals surface area contributed by atoms with Gasteiger partial charge in [-0.1, -0.05) is 29.8 Å². The van der Waals surface area contributed by atoms with Gasteiger partial charge in [-0.2, -0.15) is 8.42 Å². The first-order chi connectivity index (χ1) is 9.40. The van der Waals surface area contributed by atoms with Gasteiger partial charge in [-0.3, -0.25) is 10.1 Å². The Kier molecular flexibility index (Phi) is 3.91. The Hall–Kier alpha value is -2.12. The van der Waals surface area contributed by atoms with Gasteiger partial charge in [-0.25, -0.2) is 0 Å². The molecule has 0 saturated heterocycles. The summed E-state index contributed by atoms with van der Waals surface area (Å²) in [5.41, 5.74) is -0.385. The highest BCUT2D eigenvalue weighted by molar-refractivity contribution is 7.87. The summed E-state index contributed by atoms with van der Waals surface area (Å²) in [4.78, 5) is 9.52. The van der Waals surface area contributed by atoms with Crippen LogP contribution in [0.2, 0.25) is 5.02 Å². The zero-order valence-electron chi connectivity index (χ0n) is 9.89. The first-order valence-corrected chi connectivity index (χ1v) is 7.12. The molecule has 0 aliphatic rings. The van der Waals surface area contributed by atoms with E-state index in [1.165, 1.54) is 12.1 Å². The topological polar surface area (TPSA) is 86.5 Å². The van der Waals surface area contributed by atoms with Crippen LogP contribution in [0.5, 0.6) is 5.75 Å². The molecule has 104 valence electrons. The molecule has 0 amide bonds. The Morgan fingerprint density at radius 1 is 1.10 bits per heavy atom. The summed E-state index contributed by atoms with van der Waals surface area (Å²) >= 11 is 5.77. The van der Waals surface area contributed by atoms with E-state index in [2.05, 4.69) is 0 Å². The standard InChI is InChI=1S/C12H8ClNO5S/c13-11-7-6-9(14(15)16)8-12(11)20(17,18)19-10-4-2-1-3-5-10/h1-8H. The number of rotatable bonds is 4. The summed E-state index contributed by atoms with van der Waals surface area (Å²) in [6.45, 7) is 0. The van der Waals surface area contributed by atoms with Crippen LogP contribution in [0.1, 0.15) is 0 Å². The van der Waals surface area contributed by atoms with Crippen LogP contribution in [-0.4, -0.2) is 13.3 Å². The summed E-state index contributed by atoms with van der Waals surface area (Å²) in [7, 11) is -4.24. The fourth-order valence-corrected chi connectivity index (χ4v) is 2.87. The van der Waals surface area contributed by atoms with Gasteiger partial charge >= 0.3 is 10.1 Å². The van der Waals surface area contributed by atoms with E-state index < -0.39 is 19.9 Å². The summed E-state index contributed by atoms with van der Waals surface area (Å²) < 4.78 is 29.0. The third kappa shape index (κ3) is 3.06. The van der Waals surface area contributed by atoms with E-state index in [0.717, 1.165) is 18.2 Å². The summed E-state index contributed by atoms with van der Waals surface area (Å²) in [6.07, 6.45) is 0. The van der Waals surface area contributed by atoms with Crippen molar-refractivity contribution in [3.63, 3.8) is 0 Å². The van der Waals surface area contributed by atoms with Gasteiger partial charge in [0.05, 0.1) is 9.95 Å². The number of nitro groups is 1. The lowest BCUT2D eigenvalue weighted by atomic mass is 10.3. The van der Waals surface area contributed by atoms with Crippen LogP contribution in [0.3, 0.4) is 0 Å². The van der Waals surface area contributed by atoms with E-state index in [4.69, 9.17) is 15.8 Å². The van der Waals surface area contributed by atoms with Crippen molar-refractivity contribution >= 4 is 27.4 Å². The SMILES string of the molecule is O=[N+]([O-])c1ccc(Cl)c(S(=O)(=O)Oc2ccccc2)c1. The fraction of sp³-hybridized carbons (Fsp3) is 0. The summed E-state index contributed by atoms with van der Waals surface area (Å²) in [5, 5.41) is 10.5. The monoisotopic (exact) mass is 313 g/mol. The van der Waals surface area contributed by atoms with Gasteiger partial charge in [-0.15, -0.1) is 0 Å². The van der Waals surface area contributed by atoms with E-state index in [-0.39, 0.29) is 16.5 Å². The quantitative estimate of drug-likeness (QED) is 0.492. The maximum Gasteiger partial charge on any atom is 0.340 e. The summed E-state index contributed by atoms with van der Waals surface area (Å²) in [5.74, 6) is 0.0927. The lowest BCUT2D eigenvalue weighted by Gasteiger charge is -2.08. The number of nitro benzene ring substituents is 1. The van der Waals surface area contributed by atoms with Gasteiger partial charge in [0.1, 0.15) is 10.6 Å². The van der Waals surface area contributed by atoms with Crippen LogP contribution >= 0.6 is 11.6 Å². The molecule has 0 radical (unpaired) electrons. The molecular weight excluding hydrogens is 306 g/mol. The number of para-hydroxylation sites is 1. The minimum Gasteiger partial charge on any atom is -0.379 e. The molecule has 0 atom stereocenters. The second kappa shape index (κ2) is 5.48. The Labute approximate surface area is 119 Å². The smallest absolute Gasteiger partial charge is 0.340 e. The highest BCUT2D eigenvalue weighted by atomic mass is 35.5. The van der Waals surface area contributed by atoms with Crippen molar-refractivity contribution in [2.24, 2.45) is 0 Å². The second-order valence-electron chi connectivity index (χ2n) is 3.72. The zero-order valence-corrected chi connectivity index (χ0v) is 11.5. The van der Waals surface area contributed by atoms with Crippen LogP contribution < -0.4 is 4.18 Å². The second-order valence-corrected chi connectivity index (χ2v) is 5.64. The Morgan fingerprint density at radius 3 is 2.35 bits per heavy atom. The molecule has 0 aromatic heterocycles. The van der Waals surface area contributed by atoms with Crippen LogP contribution in [-0.2, 0) is 10.1 Å². The minimum atomic E-state index is -4.24. The lowest BCUT2D eigenvalue weighted by Crippen LogP contribution is -2.10. The molecule has 6 nitrogen and oxygen atoms in total. The Bertz CT molecular complexity index is 746. The molecule has 2 rings (SSSR count). The first-order valence-electron chi connectivity index (χ1n) is 5.33. The van der Waals surface area contributed by atoms with Crippen molar-refractivity contribution in [1.82, 2.24) is 0 Å². The van der Waals surface area contributed by atoms with Gasteiger partial charge in [0, 0.05) is 12.1 Å². The molecule has 0 unspecified atom stereocenters. The predicted molar refractivity (Wildman–Crippen MR) is 72.4 cm³/mol. The average Bonchev–Trinajstić information content (AvgIpc) is 2.39. The van der Waals surface area contributed by atoms with Crippen molar-refractivity contribution in [3.05, 3.63) is 63.7 Å². The predicted octanol–water partition coefficient (Wildman–Crippen LogP) is 3.02. The largest absolute Gasteiger partial charge is 0.379 e. The first kappa shape index (κ1) is 14.3. The fourth-order valence-electron chi connectivity index (χ4n) is 1.44. The number of non-ortho nitro benzene ring substituents is 1. The molecule has 20 heavy (non-hydrogen) atoms. The van der Waals surface area contributed by atoms with E-state index in [1.807, 2.05) is 0 Å². The zero-order chi connectivity index (χ0) is 14.8. The van der Waals surface area contributed by atoms with Crippen molar-refractivity contribution < 1.29 is 17.5 Å². The molecule has 0 spiro atoms. The highest BCUT2D eigenvalue weighted by Gasteiger charge is 2.23. The Balaban J connectivity index is 2.44. The van der Waals surface area contributed by atoms with E-state index in [9.17, 15) is 18.5 Å². The van der Waals surface area contributed by atoms with Crippen molar-refractivity contribution in [2.75, 3.05) is 0 Å². The number of benzene rings is 2. The van der Waals surface area contributed by atoms with Crippen molar-refractivity contribution in [2.45, 2.75) is 4.90 Å². The highest BCUT2D eigenvalue weighted by Crippen LogP contribution is 2.28. The molecule has 2 aromatic rings. The van der Waals surface area contributed by atoms with Crippen LogP contribution in [0, 0.1) is 10.1 Å². The normalized spacial score (nSPS) is 11.1.